The van der Waals surface area contributed by atoms with Gasteiger partial charge < -0.3 is 4.74 Å². The molecule has 18 heavy (non-hydrogen) atoms. The molecule has 0 spiro atoms. The van der Waals surface area contributed by atoms with E-state index in [1.54, 1.807) is 13.0 Å². The quantitative estimate of drug-likeness (QED) is 0.772. The Labute approximate surface area is 108 Å². The largest absolute Gasteiger partial charge is 0.438 e. The van der Waals surface area contributed by atoms with Crippen LogP contribution in [0.1, 0.15) is 24.0 Å². The number of nitrogens with zero attached hydrogens (tertiary/aromatic N) is 2. The third kappa shape index (κ3) is 2.16. The fourth-order valence-electron chi connectivity index (χ4n) is 2.04. The molecule has 0 aliphatic heterocycles. The number of halogens is 3. The molecule has 2 unspecified atom stereocenters. The highest BCUT2D eigenvalue weighted by Gasteiger charge is 2.32. The van der Waals surface area contributed by atoms with E-state index in [-0.39, 0.29) is 16.8 Å². The number of hydrogen-bond donors (Lipinski definition) is 0. The molecule has 0 radical (unpaired) electrons. The van der Waals surface area contributed by atoms with Crippen LogP contribution in [0.15, 0.2) is 18.0 Å². The van der Waals surface area contributed by atoms with Crippen LogP contribution >= 0.6 is 11.6 Å². The summed E-state index contributed by atoms with van der Waals surface area (Å²) < 4.78 is 29.0. The molecule has 0 saturated carbocycles. The van der Waals surface area contributed by atoms with Crippen molar-refractivity contribution < 1.29 is 13.5 Å². The van der Waals surface area contributed by atoms with Crippen LogP contribution in [0.25, 0.3) is 6.08 Å². The summed E-state index contributed by atoms with van der Waals surface area (Å²) in [6.45, 7) is -1.19. The van der Waals surface area contributed by atoms with Gasteiger partial charge in [-0.2, -0.15) is 14.0 Å². The number of aromatic nitrogens is 1. The highest BCUT2D eigenvalue weighted by atomic mass is 35.5. The van der Waals surface area contributed by atoms with Gasteiger partial charge in [0.1, 0.15) is 16.8 Å². The molecule has 1 aliphatic rings. The molecular formula is C12H9ClF2N2O. The van der Waals surface area contributed by atoms with Crippen molar-refractivity contribution in [1.29, 1.82) is 5.26 Å². The van der Waals surface area contributed by atoms with Gasteiger partial charge in [-0.25, -0.2) is 4.98 Å². The molecule has 2 atom stereocenters. The van der Waals surface area contributed by atoms with Crippen molar-refractivity contribution in [1.82, 2.24) is 4.98 Å². The second-order valence-corrected chi connectivity index (χ2v) is 4.28. The van der Waals surface area contributed by atoms with Gasteiger partial charge in [-0.15, -0.1) is 0 Å². The summed E-state index contributed by atoms with van der Waals surface area (Å²) in [6, 6.07) is 3.71. The zero-order valence-electron chi connectivity index (χ0n) is 9.40. The Morgan fingerprint density at radius 1 is 1.56 bits per heavy atom. The summed E-state index contributed by atoms with van der Waals surface area (Å²) >= 11 is 5.92. The standard InChI is InChI=1S/C12H9ClF2N2O/c1-6-7-2-3-17-11(13)8(7)4-10(9(6)5-16)18-12(14)15/h2-4,6,9,12H,1H3. The van der Waals surface area contributed by atoms with Gasteiger partial charge in [0.25, 0.3) is 0 Å². The average molecular weight is 271 g/mol. The molecule has 2 rings (SSSR count). The van der Waals surface area contributed by atoms with E-state index in [2.05, 4.69) is 9.72 Å². The maximum atomic E-state index is 12.3. The molecule has 1 aromatic rings. The summed E-state index contributed by atoms with van der Waals surface area (Å²) in [5, 5.41) is 9.29. The summed E-state index contributed by atoms with van der Waals surface area (Å²) in [4.78, 5) is 3.89. The minimum atomic E-state index is -2.96. The van der Waals surface area contributed by atoms with Crippen LogP contribution in [0.2, 0.25) is 5.15 Å². The van der Waals surface area contributed by atoms with Crippen LogP contribution in [0.5, 0.6) is 0 Å². The molecule has 1 aliphatic carbocycles. The van der Waals surface area contributed by atoms with E-state index in [1.165, 1.54) is 12.3 Å². The number of hydrogen-bond acceptors (Lipinski definition) is 3. The highest BCUT2D eigenvalue weighted by molar-refractivity contribution is 6.31. The molecule has 1 aromatic heterocycles. The van der Waals surface area contributed by atoms with Gasteiger partial charge in [0.2, 0.25) is 0 Å². The molecule has 0 bridgehead atoms. The van der Waals surface area contributed by atoms with Crippen LogP contribution in [0.3, 0.4) is 0 Å². The van der Waals surface area contributed by atoms with Crippen molar-refractivity contribution in [3.05, 3.63) is 34.3 Å². The predicted molar refractivity (Wildman–Crippen MR) is 61.8 cm³/mol. The third-order valence-corrected chi connectivity index (χ3v) is 3.22. The summed E-state index contributed by atoms with van der Waals surface area (Å²) in [6.07, 6.45) is 2.89. The number of nitriles is 1. The summed E-state index contributed by atoms with van der Waals surface area (Å²) in [5.41, 5.74) is 1.34. The lowest BCUT2D eigenvalue weighted by Gasteiger charge is -2.27. The van der Waals surface area contributed by atoms with Gasteiger partial charge in [-0.3, -0.25) is 0 Å². The molecule has 94 valence electrons. The number of alkyl halides is 2. The van der Waals surface area contributed by atoms with E-state index in [9.17, 15) is 8.78 Å². The zero-order valence-corrected chi connectivity index (χ0v) is 10.2. The van der Waals surface area contributed by atoms with E-state index in [0.29, 0.717) is 5.56 Å². The van der Waals surface area contributed by atoms with E-state index < -0.39 is 12.5 Å². The maximum absolute atomic E-state index is 12.3. The minimum Gasteiger partial charge on any atom is -0.438 e. The van der Waals surface area contributed by atoms with Gasteiger partial charge in [0.15, 0.2) is 0 Å². The normalized spacial score (nSPS) is 22.1. The van der Waals surface area contributed by atoms with E-state index in [0.717, 1.165) is 5.56 Å². The van der Waals surface area contributed by atoms with Crippen LogP contribution in [0, 0.1) is 17.2 Å². The van der Waals surface area contributed by atoms with Crippen molar-refractivity contribution in [2.75, 3.05) is 0 Å². The summed E-state index contributed by atoms with van der Waals surface area (Å²) in [5.74, 6) is -1.09. The SMILES string of the molecule is CC1c2ccnc(Cl)c2C=C(OC(F)F)C1C#N. The molecule has 0 saturated heterocycles. The van der Waals surface area contributed by atoms with Crippen molar-refractivity contribution in [2.45, 2.75) is 19.5 Å². The first kappa shape index (κ1) is 12.8. The lowest BCUT2D eigenvalue weighted by molar-refractivity contribution is -0.102. The first-order valence-electron chi connectivity index (χ1n) is 5.25. The maximum Gasteiger partial charge on any atom is 0.387 e. The smallest absolute Gasteiger partial charge is 0.387 e. The number of rotatable bonds is 2. The van der Waals surface area contributed by atoms with Crippen LogP contribution in [-0.4, -0.2) is 11.6 Å². The van der Waals surface area contributed by atoms with Crippen molar-refractivity contribution in [3.63, 3.8) is 0 Å². The molecule has 0 N–H and O–H groups in total. The second kappa shape index (κ2) is 4.91. The van der Waals surface area contributed by atoms with E-state index >= 15 is 0 Å². The Morgan fingerprint density at radius 3 is 2.89 bits per heavy atom. The minimum absolute atomic E-state index is 0.0672. The number of ether oxygens (including phenoxy) is 1. The monoisotopic (exact) mass is 270 g/mol. The third-order valence-electron chi connectivity index (χ3n) is 2.92. The Kier molecular flexibility index (Phi) is 3.48. The number of fused-ring (bicyclic) bond motifs is 1. The van der Waals surface area contributed by atoms with Crippen molar-refractivity contribution in [3.8, 4) is 6.07 Å². The van der Waals surface area contributed by atoms with Crippen LogP contribution < -0.4 is 0 Å². The highest BCUT2D eigenvalue weighted by Crippen LogP contribution is 2.40. The van der Waals surface area contributed by atoms with Crippen molar-refractivity contribution >= 4 is 17.7 Å². The Bertz CT molecular complexity index is 539. The first-order chi connectivity index (χ1) is 8.54. The van der Waals surface area contributed by atoms with Gasteiger partial charge in [-0.1, -0.05) is 18.5 Å². The Morgan fingerprint density at radius 2 is 2.28 bits per heavy atom. The summed E-state index contributed by atoms with van der Waals surface area (Å²) in [7, 11) is 0. The van der Waals surface area contributed by atoms with Gasteiger partial charge in [0, 0.05) is 17.7 Å². The average Bonchev–Trinajstić information content (AvgIpc) is 2.30. The molecule has 0 fully saturated rings. The fourth-order valence-corrected chi connectivity index (χ4v) is 2.27. The van der Waals surface area contributed by atoms with Gasteiger partial charge in [-0.05, 0) is 17.7 Å². The Balaban J connectivity index is 2.53. The molecular weight excluding hydrogens is 262 g/mol. The first-order valence-corrected chi connectivity index (χ1v) is 5.62. The molecule has 0 amide bonds. The molecule has 6 heteroatoms. The lowest BCUT2D eigenvalue weighted by atomic mass is 9.81. The van der Waals surface area contributed by atoms with Crippen molar-refractivity contribution in [2.24, 2.45) is 5.92 Å². The van der Waals surface area contributed by atoms with Crippen LogP contribution in [-0.2, 0) is 4.74 Å². The topological polar surface area (TPSA) is 45.9 Å². The van der Waals surface area contributed by atoms with E-state index in [1.807, 2.05) is 6.07 Å². The zero-order chi connectivity index (χ0) is 13.3. The number of pyridine rings is 1. The van der Waals surface area contributed by atoms with E-state index in [4.69, 9.17) is 16.9 Å². The molecule has 0 aromatic carbocycles. The van der Waals surface area contributed by atoms with Gasteiger partial charge in [0.05, 0.1) is 6.07 Å². The fraction of sp³-hybridized carbons (Fsp3) is 0.333. The lowest BCUT2D eigenvalue weighted by Crippen LogP contribution is -2.20. The number of allylic oxidation sites excluding steroid dienone is 1. The second-order valence-electron chi connectivity index (χ2n) is 3.93. The Hall–Kier alpha value is -1.67. The van der Waals surface area contributed by atoms with Crippen LogP contribution in [0.4, 0.5) is 8.78 Å². The van der Waals surface area contributed by atoms with Gasteiger partial charge >= 0.3 is 6.61 Å². The molecule has 3 nitrogen and oxygen atoms in total. The predicted octanol–water partition coefficient (Wildman–Crippen LogP) is 3.57. The molecule has 1 heterocycles.